The third-order valence-corrected chi connectivity index (χ3v) is 2.98. The van der Waals surface area contributed by atoms with Crippen molar-refractivity contribution >= 4 is 18.3 Å². The number of rotatable bonds is 4. The fraction of sp³-hybridized carbons (Fsp3) is 0.357. The van der Waals surface area contributed by atoms with E-state index < -0.39 is 23.8 Å². The number of carbonyl (C=O) groups excluding carboxylic acids is 2. The van der Waals surface area contributed by atoms with Gasteiger partial charge in [-0.2, -0.15) is 18.3 Å². The van der Waals surface area contributed by atoms with Crippen molar-refractivity contribution < 1.29 is 22.8 Å². The van der Waals surface area contributed by atoms with Gasteiger partial charge >= 0.3 is 18.2 Å². The second kappa shape index (κ2) is 7.61. The van der Waals surface area contributed by atoms with E-state index in [-0.39, 0.29) is 5.56 Å². The minimum atomic E-state index is -4.44. The molecule has 0 aliphatic heterocycles. The molecule has 126 valence electrons. The standard InChI is InChI=1S/C14H17F3N4O2/c1-3-20(4-2)13(23)21(12(18)22)19-9-10-5-7-11(8-6-10)14(15,16)17/h5-9H,3-4H2,1-2H3,(H2,18,22)/b19-9+. The summed E-state index contributed by atoms with van der Waals surface area (Å²) in [4.78, 5) is 24.7. The molecule has 0 saturated carbocycles. The monoisotopic (exact) mass is 330 g/mol. The van der Waals surface area contributed by atoms with Crippen molar-refractivity contribution in [1.29, 1.82) is 0 Å². The van der Waals surface area contributed by atoms with E-state index in [4.69, 9.17) is 5.73 Å². The highest BCUT2D eigenvalue weighted by Crippen LogP contribution is 2.28. The van der Waals surface area contributed by atoms with Gasteiger partial charge in [-0.1, -0.05) is 12.1 Å². The van der Waals surface area contributed by atoms with E-state index in [1.165, 1.54) is 17.0 Å². The van der Waals surface area contributed by atoms with Gasteiger partial charge in [0.2, 0.25) is 0 Å². The summed E-state index contributed by atoms with van der Waals surface area (Å²) in [6.07, 6.45) is -3.35. The van der Waals surface area contributed by atoms with Gasteiger partial charge in [-0.05, 0) is 31.5 Å². The topological polar surface area (TPSA) is 79.0 Å². The zero-order valence-corrected chi connectivity index (χ0v) is 12.7. The Balaban J connectivity index is 2.94. The number of imide groups is 1. The summed E-state index contributed by atoms with van der Waals surface area (Å²) in [6, 6.07) is 2.32. The first-order valence-corrected chi connectivity index (χ1v) is 6.80. The van der Waals surface area contributed by atoms with E-state index in [9.17, 15) is 22.8 Å². The van der Waals surface area contributed by atoms with Gasteiger partial charge in [0.05, 0.1) is 11.8 Å². The van der Waals surface area contributed by atoms with E-state index in [2.05, 4.69) is 5.10 Å². The largest absolute Gasteiger partial charge is 0.416 e. The Bertz CT molecular complexity index is 581. The van der Waals surface area contributed by atoms with E-state index >= 15 is 0 Å². The van der Waals surface area contributed by atoms with Crippen LogP contribution < -0.4 is 5.73 Å². The number of benzene rings is 1. The molecular formula is C14H17F3N4O2. The van der Waals surface area contributed by atoms with E-state index in [1.807, 2.05) is 0 Å². The Hall–Kier alpha value is -2.58. The predicted octanol–water partition coefficient (Wildman–Crippen LogP) is 2.88. The molecule has 0 aromatic heterocycles. The molecule has 1 rings (SSSR count). The van der Waals surface area contributed by atoms with Crippen LogP contribution >= 0.6 is 0 Å². The van der Waals surface area contributed by atoms with Crippen LogP contribution in [0.4, 0.5) is 22.8 Å². The van der Waals surface area contributed by atoms with Gasteiger partial charge in [0.25, 0.3) is 0 Å². The van der Waals surface area contributed by atoms with Crippen LogP contribution in [-0.4, -0.2) is 41.3 Å². The van der Waals surface area contributed by atoms with Crippen LogP contribution in [-0.2, 0) is 6.18 Å². The number of primary amides is 1. The predicted molar refractivity (Wildman–Crippen MR) is 78.8 cm³/mol. The first-order chi connectivity index (χ1) is 10.7. The third kappa shape index (κ3) is 4.97. The lowest BCUT2D eigenvalue weighted by Gasteiger charge is -2.22. The lowest BCUT2D eigenvalue weighted by Crippen LogP contribution is -2.45. The molecule has 0 aliphatic rings. The fourth-order valence-electron chi connectivity index (χ4n) is 1.71. The molecule has 0 bridgehead atoms. The van der Waals surface area contributed by atoms with Crippen molar-refractivity contribution in [3.63, 3.8) is 0 Å². The van der Waals surface area contributed by atoms with Crippen LogP contribution in [0, 0.1) is 0 Å². The summed E-state index contributed by atoms with van der Waals surface area (Å²) in [7, 11) is 0. The molecule has 0 spiro atoms. The fourth-order valence-corrected chi connectivity index (χ4v) is 1.71. The number of amides is 4. The molecule has 1 aromatic carbocycles. The van der Waals surface area contributed by atoms with Crippen LogP contribution in [0.15, 0.2) is 29.4 Å². The number of hydrogen-bond acceptors (Lipinski definition) is 3. The number of nitrogens with two attached hydrogens (primary N) is 1. The molecule has 0 unspecified atom stereocenters. The first kappa shape index (κ1) is 18.5. The van der Waals surface area contributed by atoms with E-state index in [0.29, 0.717) is 18.1 Å². The Kier molecular flexibility index (Phi) is 6.11. The maximum atomic E-state index is 12.5. The highest BCUT2D eigenvalue weighted by atomic mass is 19.4. The van der Waals surface area contributed by atoms with Gasteiger partial charge in [-0.3, -0.25) is 0 Å². The van der Waals surface area contributed by atoms with Crippen molar-refractivity contribution in [2.24, 2.45) is 10.8 Å². The molecule has 1 aromatic rings. The van der Waals surface area contributed by atoms with Crippen molar-refractivity contribution in [3.05, 3.63) is 35.4 Å². The summed E-state index contributed by atoms with van der Waals surface area (Å²) in [6.45, 7) is 4.16. The second-order valence-electron chi connectivity index (χ2n) is 4.47. The minimum Gasteiger partial charge on any atom is -0.350 e. The molecule has 0 atom stereocenters. The molecule has 0 aliphatic carbocycles. The van der Waals surface area contributed by atoms with Crippen LogP contribution in [0.5, 0.6) is 0 Å². The lowest BCUT2D eigenvalue weighted by molar-refractivity contribution is -0.137. The summed E-state index contributed by atoms with van der Waals surface area (Å²) < 4.78 is 37.4. The summed E-state index contributed by atoms with van der Waals surface area (Å²) in [5.74, 6) is 0. The van der Waals surface area contributed by atoms with Gasteiger partial charge in [0.1, 0.15) is 0 Å². The normalized spacial score (nSPS) is 11.5. The molecular weight excluding hydrogens is 313 g/mol. The molecule has 0 fully saturated rings. The Morgan fingerprint density at radius 2 is 1.70 bits per heavy atom. The number of alkyl halides is 3. The number of halogens is 3. The van der Waals surface area contributed by atoms with Crippen molar-refractivity contribution in [3.8, 4) is 0 Å². The van der Waals surface area contributed by atoms with Crippen LogP contribution in [0.3, 0.4) is 0 Å². The van der Waals surface area contributed by atoms with Gasteiger partial charge in [-0.25, -0.2) is 9.59 Å². The van der Waals surface area contributed by atoms with Crippen molar-refractivity contribution in [2.75, 3.05) is 13.1 Å². The maximum absolute atomic E-state index is 12.5. The quantitative estimate of drug-likeness (QED) is 0.680. The second-order valence-corrected chi connectivity index (χ2v) is 4.47. The van der Waals surface area contributed by atoms with E-state index in [0.717, 1.165) is 18.3 Å². The van der Waals surface area contributed by atoms with E-state index in [1.54, 1.807) is 13.8 Å². The number of hydrazone groups is 1. The third-order valence-electron chi connectivity index (χ3n) is 2.98. The summed E-state index contributed by atoms with van der Waals surface area (Å²) in [5, 5.41) is 4.13. The van der Waals surface area contributed by atoms with Crippen LogP contribution in [0.25, 0.3) is 0 Å². The molecule has 0 heterocycles. The summed E-state index contributed by atoms with van der Waals surface area (Å²) >= 11 is 0. The number of hydrogen-bond donors (Lipinski definition) is 1. The molecule has 6 nitrogen and oxygen atoms in total. The van der Waals surface area contributed by atoms with Gasteiger partial charge in [-0.15, -0.1) is 5.01 Å². The molecule has 0 saturated heterocycles. The zero-order chi connectivity index (χ0) is 17.6. The Labute approximate surface area is 131 Å². The Morgan fingerprint density at radius 1 is 1.17 bits per heavy atom. The highest BCUT2D eigenvalue weighted by molar-refractivity contribution is 5.94. The smallest absolute Gasteiger partial charge is 0.350 e. The maximum Gasteiger partial charge on any atom is 0.416 e. The zero-order valence-electron chi connectivity index (χ0n) is 12.7. The highest BCUT2D eigenvalue weighted by Gasteiger charge is 2.29. The lowest BCUT2D eigenvalue weighted by atomic mass is 10.1. The number of nitrogens with zero attached hydrogens (tertiary/aromatic N) is 3. The molecule has 9 heteroatoms. The number of urea groups is 2. The first-order valence-electron chi connectivity index (χ1n) is 6.80. The minimum absolute atomic E-state index is 0.289. The van der Waals surface area contributed by atoms with Gasteiger partial charge in [0.15, 0.2) is 0 Å². The molecule has 4 amide bonds. The van der Waals surface area contributed by atoms with Crippen LogP contribution in [0.1, 0.15) is 25.0 Å². The Morgan fingerprint density at radius 3 is 2.09 bits per heavy atom. The average Bonchev–Trinajstić information content (AvgIpc) is 2.48. The summed E-state index contributed by atoms with van der Waals surface area (Å²) in [5.41, 5.74) is 4.59. The van der Waals surface area contributed by atoms with Crippen molar-refractivity contribution in [2.45, 2.75) is 20.0 Å². The molecule has 0 radical (unpaired) electrons. The van der Waals surface area contributed by atoms with Crippen LogP contribution in [0.2, 0.25) is 0 Å². The van der Waals surface area contributed by atoms with Crippen molar-refractivity contribution in [1.82, 2.24) is 9.91 Å². The molecule has 23 heavy (non-hydrogen) atoms. The molecule has 2 N–H and O–H groups in total. The average molecular weight is 330 g/mol. The SMILES string of the molecule is CCN(CC)C(=O)N(/N=C/c1ccc(C(F)(F)F)cc1)C(N)=O. The van der Waals surface area contributed by atoms with Gasteiger partial charge in [0, 0.05) is 13.1 Å². The number of carbonyl (C=O) groups is 2. The van der Waals surface area contributed by atoms with Gasteiger partial charge < -0.3 is 10.6 Å².